The van der Waals surface area contributed by atoms with E-state index in [1.54, 1.807) is 7.11 Å². The Hall–Kier alpha value is -0.610. The highest BCUT2D eigenvalue weighted by Gasteiger charge is 2.14. The van der Waals surface area contributed by atoms with E-state index >= 15 is 0 Å². The van der Waals surface area contributed by atoms with Gasteiger partial charge in [0.05, 0.1) is 20.1 Å². The molecule has 0 heterocycles. The molecule has 102 valence electrons. The van der Waals surface area contributed by atoms with Gasteiger partial charge in [0.2, 0.25) is 0 Å². The molecule has 0 saturated heterocycles. The van der Waals surface area contributed by atoms with E-state index in [9.17, 15) is 4.79 Å². The largest absolute Gasteiger partial charge is 0.469 e. The van der Waals surface area contributed by atoms with E-state index in [4.69, 9.17) is 4.74 Å². The molecule has 0 rings (SSSR count). The number of methoxy groups -OCH3 is 2. The third-order valence-corrected chi connectivity index (χ3v) is 2.65. The van der Waals surface area contributed by atoms with E-state index in [1.165, 1.54) is 7.11 Å². The lowest BCUT2D eigenvalue weighted by atomic mass is 9.92. The Kier molecular flexibility index (Phi) is 8.17. The summed E-state index contributed by atoms with van der Waals surface area (Å²) in [4.78, 5) is 13.4. The Morgan fingerprint density at radius 1 is 1.12 bits per heavy atom. The van der Waals surface area contributed by atoms with Crippen molar-refractivity contribution in [3.63, 3.8) is 0 Å². The molecule has 0 bridgehead atoms. The maximum atomic E-state index is 11.1. The van der Waals surface area contributed by atoms with Crippen LogP contribution in [0.2, 0.25) is 0 Å². The molecule has 0 aliphatic rings. The lowest BCUT2D eigenvalue weighted by Crippen LogP contribution is -2.32. The summed E-state index contributed by atoms with van der Waals surface area (Å²) in [5, 5.41) is 0. The molecule has 17 heavy (non-hydrogen) atoms. The number of esters is 1. The van der Waals surface area contributed by atoms with Crippen LogP contribution in [0.4, 0.5) is 0 Å². The molecule has 0 radical (unpaired) electrons. The molecular weight excluding hydrogens is 218 g/mol. The lowest BCUT2D eigenvalue weighted by Gasteiger charge is -2.26. The van der Waals surface area contributed by atoms with Gasteiger partial charge in [0, 0.05) is 20.2 Å². The van der Waals surface area contributed by atoms with E-state index in [0.717, 1.165) is 26.1 Å². The van der Waals surface area contributed by atoms with Gasteiger partial charge in [-0.05, 0) is 18.4 Å². The first-order chi connectivity index (χ1) is 7.89. The molecule has 0 fully saturated rings. The number of ether oxygens (including phenoxy) is 2. The second-order valence-electron chi connectivity index (χ2n) is 5.47. The zero-order valence-corrected chi connectivity index (χ0v) is 11.9. The molecule has 0 saturated carbocycles. The molecule has 0 spiro atoms. The zero-order valence-electron chi connectivity index (χ0n) is 11.9. The number of nitrogens with zero attached hydrogens (tertiary/aromatic N) is 1. The Bertz CT molecular complexity index is 211. The van der Waals surface area contributed by atoms with Crippen molar-refractivity contribution in [3.05, 3.63) is 0 Å². The predicted octanol–water partition coefficient (Wildman–Crippen LogP) is 1.93. The molecule has 0 aliphatic carbocycles. The molecular formula is C13H27NO3. The molecule has 4 nitrogen and oxygen atoms in total. The number of hydrogen-bond acceptors (Lipinski definition) is 4. The highest BCUT2D eigenvalue weighted by Crippen LogP contribution is 2.18. The minimum atomic E-state index is -0.150. The first-order valence-corrected chi connectivity index (χ1v) is 6.17. The second-order valence-corrected chi connectivity index (χ2v) is 5.47. The maximum Gasteiger partial charge on any atom is 0.306 e. The normalized spacial score (nSPS) is 11.9. The van der Waals surface area contributed by atoms with Gasteiger partial charge in [-0.1, -0.05) is 20.8 Å². The number of carbonyl (C=O) groups is 1. The van der Waals surface area contributed by atoms with Gasteiger partial charge in [-0.3, -0.25) is 4.79 Å². The van der Waals surface area contributed by atoms with E-state index < -0.39 is 0 Å². The first-order valence-electron chi connectivity index (χ1n) is 6.17. The van der Waals surface area contributed by atoms with Gasteiger partial charge in [-0.25, -0.2) is 0 Å². The van der Waals surface area contributed by atoms with Gasteiger partial charge in [-0.2, -0.15) is 0 Å². The summed E-state index contributed by atoms with van der Waals surface area (Å²) in [5.41, 5.74) is 0.316. The number of hydrogen-bond donors (Lipinski definition) is 0. The van der Waals surface area contributed by atoms with Crippen molar-refractivity contribution in [2.45, 2.75) is 33.6 Å². The molecule has 0 N–H and O–H groups in total. The van der Waals surface area contributed by atoms with Gasteiger partial charge in [0.1, 0.15) is 0 Å². The highest BCUT2D eigenvalue weighted by molar-refractivity contribution is 5.69. The van der Waals surface area contributed by atoms with Crippen LogP contribution in [0.25, 0.3) is 0 Å². The van der Waals surface area contributed by atoms with Crippen molar-refractivity contribution in [2.75, 3.05) is 40.5 Å². The highest BCUT2D eigenvalue weighted by atomic mass is 16.5. The molecule has 0 atom stereocenters. The number of carbonyl (C=O) groups excluding carboxylic acids is 1. The topological polar surface area (TPSA) is 38.8 Å². The zero-order chi connectivity index (χ0) is 13.3. The van der Waals surface area contributed by atoms with Crippen LogP contribution in [-0.2, 0) is 14.3 Å². The van der Waals surface area contributed by atoms with E-state index in [0.29, 0.717) is 18.4 Å². The SMILES string of the molecule is COCCN(CCC(=O)OC)CCC(C)(C)C. The Morgan fingerprint density at radius 3 is 2.24 bits per heavy atom. The van der Waals surface area contributed by atoms with E-state index in [-0.39, 0.29) is 5.97 Å². The van der Waals surface area contributed by atoms with E-state index in [2.05, 4.69) is 30.4 Å². The Balaban J connectivity index is 4.00. The van der Waals surface area contributed by atoms with Crippen LogP contribution < -0.4 is 0 Å². The predicted molar refractivity (Wildman–Crippen MR) is 69.0 cm³/mol. The molecule has 0 aromatic rings. The van der Waals surface area contributed by atoms with Crippen LogP contribution >= 0.6 is 0 Å². The Morgan fingerprint density at radius 2 is 1.76 bits per heavy atom. The summed E-state index contributed by atoms with van der Waals surface area (Å²) in [6.07, 6.45) is 1.56. The monoisotopic (exact) mass is 245 g/mol. The maximum absolute atomic E-state index is 11.1. The quantitative estimate of drug-likeness (QED) is 0.613. The lowest BCUT2D eigenvalue weighted by molar-refractivity contribution is -0.141. The van der Waals surface area contributed by atoms with Crippen molar-refractivity contribution in [3.8, 4) is 0 Å². The van der Waals surface area contributed by atoms with Gasteiger partial charge in [0.15, 0.2) is 0 Å². The third kappa shape index (κ3) is 10.3. The van der Waals surface area contributed by atoms with Gasteiger partial charge < -0.3 is 14.4 Å². The van der Waals surface area contributed by atoms with Crippen LogP contribution in [-0.4, -0.2) is 51.3 Å². The summed E-state index contributed by atoms with van der Waals surface area (Å²) < 4.78 is 9.73. The second kappa shape index (κ2) is 8.48. The van der Waals surface area contributed by atoms with Crippen LogP contribution in [0.15, 0.2) is 0 Å². The van der Waals surface area contributed by atoms with Crippen LogP contribution in [0, 0.1) is 5.41 Å². The number of rotatable bonds is 8. The van der Waals surface area contributed by atoms with Crippen molar-refractivity contribution in [1.82, 2.24) is 4.90 Å². The summed E-state index contributed by atoms with van der Waals surface area (Å²) in [5.74, 6) is -0.150. The average molecular weight is 245 g/mol. The molecule has 0 amide bonds. The van der Waals surface area contributed by atoms with Crippen molar-refractivity contribution < 1.29 is 14.3 Å². The molecule has 0 unspecified atom stereocenters. The standard InChI is InChI=1S/C13H27NO3/c1-13(2,3)7-9-14(10-11-16-4)8-6-12(15)17-5/h6-11H2,1-5H3. The van der Waals surface area contributed by atoms with Crippen LogP contribution in [0.5, 0.6) is 0 Å². The summed E-state index contributed by atoms with van der Waals surface area (Å²) in [6.45, 7) is 9.97. The molecule has 4 heteroatoms. The van der Waals surface area contributed by atoms with Crippen molar-refractivity contribution in [2.24, 2.45) is 5.41 Å². The third-order valence-electron chi connectivity index (χ3n) is 2.65. The molecule has 0 aromatic heterocycles. The van der Waals surface area contributed by atoms with Gasteiger partial charge >= 0.3 is 5.97 Å². The minimum absolute atomic E-state index is 0.150. The molecule has 0 aromatic carbocycles. The van der Waals surface area contributed by atoms with Crippen LogP contribution in [0.1, 0.15) is 33.6 Å². The van der Waals surface area contributed by atoms with E-state index in [1.807, 2.05) is 0 Å². The fraction of sp³-hybridized carbons (Fsp3) is 0.923. The summed E-state index contributed by atoms with van der Waals surface area (Å²) in [6, 6.07) is 0. The van der Waals surface area contributed by atoms with Gasteiger partial charge in [0.25, 0.3) is 0 Å². The van der Waals surface area contributed by atoms with Crippen LogP contribution in [0.3, 0.4) is 0 Å². The average Bonchev–Trinajstić information content (AvgIpc) is 2.26. The molecule has 0 aliphatic heterocycles. The Labute approximate surface area is 105 Å². The summed E-state index contributed by atoms with van der Waals surface area (Å²) >= 11 is 0. The first kappa shape index (κ1) is 16.4. The smallest absolute Gasteiger partial charge is 0.306 e. The van der Waals surface area contributed by atoms with Crippen molar-refractivity contribution in [1.29, 1.82) is 0 Å². The minimum Gasteiger partial charge on any atom is -0.469 e. The van der Waals surface area contributed by atoms with Crippen molar-refractivity contribution >= 4 is 5.97 Å². The van der Waals surface area contributed by atoms with Gasteiger partial charge in [-0.15, -0.1) is 0 Å². The fourth-order valence-electron chi connectivity index (χ4n) is 1.40. The summed E-state index contributed by atoms with van der Waals surface area (Å²) in [7, 11) is 3.12. The fourth-order valence-corrected chi connectivity index (χ4v) is 1.40.